The minimum atomic E-state index is -0.642. The molecule has 0 heterocycles. The minimum absolute atomic E-state index is 0.381. The molecule has 0 aliphatic rings. The normalized spacial score (nSPS) is 12.2. The summed E-state index contributed by atoms with van der Waals surface area (Å²) in [6, 6.07) is 5.45. The molecule has 1 amide bonds. The van der Waals surface area contributed by atoms with E-state index in [1.165, 1.54) is 24.3 Å². The Kier molecular flexibility index (Phi) is 4.76. The van der Waals surface area contributed by atoms with Gasteiger partial charge < -0.3 is 4.74 Å². The molecule has 0 radical (unpaired) electrons. The van der Waals surface area contributed by atoms with E-state index < -0.39 is 17.3 Å². The first-order chi connectivity index (χ1) is 8.98. The summed E-state index contributed by atoms with van der Waals surface area (Å²) in [7, 11) is 0. The first-order valence-corrected chi connectivity index (χ1v) is 6.46. The third kappa shape index (κ3) is 5.57. The topological polar surface area (TPSA) is 38.8 Å². The molecule has 1 aromatic carbocycles. The Balaban J connectivity index is 3.02. The van der Waals surface area contributed by atoms with E-state index in [9.17, 15) is 9.18 Å². The van der Waals surface area contributed by atoms with Gasteiger partial charge in [-0.25, -0.2) is 9.18 Å². The SMILES string of the molecule is CC(C)(C)OC(=O)N(OC(C)(C)C)c1ccc(F)cc1. The van der Waals surface area contributed by atoms with Crippen LogP contribution in [0.2, 0.25) is 0 Å². The van der Waals surface area contributed by atoms with Crippen molar-refractivity contribution in [2.45, 2.75) is 52.7 Å². The molecule has 0 unspecified atom stereocenters. The van der Waals surface area contributed by atoms with Gasteiger partial charge in [-0.15, -0.1) is 0 Å². The third-order valence-corrected chi connectivity index (χ3v) is 1.99. The Hall–Kier alpha value is -1.62. The number of nitrogens with zero attached hydrogens (tertiary/aromatic N) is 1. The number of anilines is 1. The quantitative estimate of drug-likeness (QED) is 0.760. The predicted molar refractivity (Wildman–Crippen MR) is 76.0 cm³/mol. The Morgan fingerprint density at radius 1 is 1.00 bits per heavy atom. The average molecular weight is 283 g/mol. The maximum atomic E-state index is 13.0. The summed E-state index contributed by atoms with van der Waals surface area (Å²) >= 11 is 0. The fraction of sp³-hybridized carbons (Fsp3) is 0.533. The van der Waals surface area contributed by atoms with Crippen LogP contribution in [0.5, 0.6) is 0 Å². The van der Waals surface area contributed by atoms with Gasteiger partial charge in [-0.3, -0.25) is 4.84 Å². The van der Waals surface area contributed by atoms with Crippen molar-refractivity contribution >= 4 is 11.8 Å². The number of hydrogen-bond donors (Lipinski definition) is 0. The van der Waals surface area contributed by atoms with E-state index in [0.717, 1.165) is 5.06 Å². The molecule has 0 spiro atoms. The number of carbonyl (C=O) groups is 1. The molecular formula is C15H22FNO3. The molecule has 5 heteroatoms. The van der Waals surface area contributed by atoms with Crippen molar-refractivity contribution in [2.75, 3.05) is 5.06 Å². The second-order valence-electron chi connectivity index (χ2n) is 6.45. The van der Waals surface area contributed by atoms with Crippen molar-refractivity contribution < 1.29 is 18.8 Å². The van der Waals surface area contributed by atoms with Gasteiger partial charge in [0.2, 0.25) is 0 Å². The predicted octanol–water partition coefficient (Wildman–Crippen LogP) is 4.30. The van der Waals surface area contributed by atoms with Crippen LogP contribution in [0.25, 0.3) is 0 Å². The number of benzene rings is 1. The van der Waals surface area contributed by atoms with E-state index in [1.807, 2.05) is 20.8 Å². The smallest absolute Gasteiger partial charge is 0.439 e. The lowest BCUT2D eigenvalue weighted by Crippen LogP contribution is -2.41. The van der Waals surface area contributed by atoms with Gasteiger partial charge in [-0.05, 0) is 65.8 Å². The Labute approximate surface area is 119 Å². The van der Waals surface area contributed by atoms with Crippen molar-refractivity contribution in [2.24, 2.45) is 0 Å². The van der Waals surface area contributed by atoms with Crippen molar-refractivity contribution in [1.29, 1.82) is 0 Å². The van der Waals surface area contributed by atoms with Gasteiger partial charge in [0.25, 0.3) is 0 Å². The van der Waals surface area contributed by atoms with Crippen molar-refractivity contribution in [3.8, 4) is 0 Å². The summed E-state index contributed by atoms with van der Waals surface area (Å²) in [5.74, 6) is -0.381. The first-order valence-electron chi connectivity index (χ1n) is 6.46. The molecule has 1 rings (SSSR count). The number of amides is 1. The molecule has 1 aromatic rings. The van der Waals surface area contributed by atoms with Gasteiger partial charge in [0.15, 0.2) is 0 Å². The maximum Gasteiger partial charge on any atom is 0.439 e. The highest BCUT2D eigenvalue weighted by atomic mass is 19.1. The lowest BCUT2D eigenvalue weighted by atomic mass is 10.2. The molecule has 0 aliphatic carbocycles. The molecule has 0 fully saturated rings. The molecule has 0 saturated heterocycles. The van der Waals surface area contributed by atoms with Crippen LogP contribution >= 0.6 is 0 Å². The molecule has 0 atom stereocenters. The highest BCUT2D eigenvalue weighted by Gasteiger charge is 2.28. The van der Waals surface area contributed by atoms with E-state index in [1.54, 1.807) is 20.8 Å². The van der Waals surface area contributed by atoms with Crippen molar-refractivity contribution in [3.05, 3.63) is 30.1 Å². The lowest BCUT2D eigenvalue weighted by molar-refractivity contribution is -0.0355. The van der Waals surface area contributed by atoms with Gasteiger partial charge in [0.1, 0.15) is 11.4 Å². The fourth-order valence-corrected chi connectivity index (χ4v) is 1.35. The second-order valence-corrected chi connectivity index (χ2v) is 6.45. The van der Waals surface area contributed by atoms with Gasteiger partial charge in [-0.1, -0.05) is 0 Å². The molecule has 0 N–H and O–H groups in total. The Bertz CT molecular complexity index is 457. The van der Waals surface area contributed by atoms with E-state index in [-0.39, 0.29) is 5.82 Å². The van der Waals surface area contributed by atoms with Crippen LogP contribution in [0.3, 0.4) is 0 Å². The van der Waals surface area contributed by atoms with Gasteiger partial charge in [-0.2, -0.15) is 5.06 Å². The highest BCUT2D eigenvalue weighted by Crippen LogP contribution is 2.23. The molecule has 112 valence electrons. The number of hydroxylamine groups is 1. The van der Waals surface area contributed by atoms with Crippen LogP contribution in [0.15, 0.2) is 24.3 Å². The zero-order chi connectivity index (χ0) is 15.6. The van der Waals surface area contributed by atoms with E-state index in [4.69, 9.17) is 9.57 Å². The molecule has 0 bridgehead atoms. The molecule has 4 nitrogen and oxygen atoms in total. The summed E-state index contributed by atoms with van der Waals surface area (Å²) in [6.07, 6.45) is -0.640. The summed E-state index contributed by atoms with van der Waals surface area (Å²) in [4.78, 5) is 17.8. The number of carbonyl (C=O) groups excluding carboxylic acids is 1. The molecule has 0 aliphatic heterocycles. The largest absolute Gasteiger partial charge is 0.442 e. The van der Waals surface area contributed by atoms with E-state index in [2.05, 4.69) is 0 Å². The number of ether oxygens (including phenoxy) is 1. The van der Waals surface area contributed by atoms with Gasteiger partial charge in [0.05, 0.1) is 11.3 Å². The minimum Gasteiger partial charge on any atom is -0.442 e. The molecule has 0 aromatic heterocycles. The van der Waals surface area contributed by atoms with Crippen LogP contribution < -0.4 is 5.06 Å². The number of halogens is 1. The Morgan fingerprint density at radius 3 is 1.90 bits per heavy atom. The van der Waals surface area contributed by atoms with Crippen LogP contribution in [-0.2, 0) is 9.57 Å². The van der Waals surface area contributed by atoms with Gasteiger partial charge >= 0.3 is 6.09 Å². The summed E-state index contributed by atoms with van der Waals surface area (Å²) in [5.41, 5.74) is -0.822. The van der Waals surface area contributed by atoms with Gasteiger partial charge in [0, 0.05) is 0 Å². The zero-order valence-corrected chi connectivity index (χ0v) is 12.9. The summed E-state index contributed by atoms with van der Waals surface area (Å²) < 4.78 is 18.3. The standard InChI is InChI=1S/C15H22FNO3/c1-14(2,3)19-13(18)17(20-15(4,5)6)12-9-7-11(16)8-10-12/h7-10H,1-6H3. The second kappa shape index (κ2) is 5.79. The molecular weight excluding hydrogens is 261 g/mol. The van der Waals surface area contributed by atoms with Crippen molar-refractivity contribution in [1.82, 2.24) is 0 Å². The highest BCUT2D eigenvalue weighted by molar-refractivity contribution is 5.85. The van der Waals surface area contributed by atoms with Crippen molar-refractivity contribution in [3.63, 3.8) is 0 Å². The van der Waals surface area contributed by atoms with E-state index in [0.29, 0.717) is 5.69 Å². The van der Waals surface area contributed by atoms with Crippen LogP contribution in [0.4, 0.5) is 14.9 Å². The number of rotatable bonds is 2. The molecule has 0 saturated carbocycles. The third-order valence-electron chi connectivity index (χ3n) is 1.99. The molecule has 20 heavy (non-hydrogen) atoms. The van der Waals surface area contributed by atoms with Crippen LogP contribution in [0.1, 0.15) is 41.5 Å². The summed E-state index contributed by atoms with van der Waals surface area (Å²) in [6.45, 7) is 10.7. The number of hydrogen-bond acceptors (Lipinski definition) is 3. The monoisotopic (exact) mass is 283 g/mol. The zero-order valence-electron chi connectivity index (χ0n) is 12.9. The van der Waals surface area contributed by atoms with Crippen LogP contribution in [-0.4, -0.2) is 17.3 Å². The first kappa shape index (κ1) is 16.4. The van der Waals surface area contributed by atoms with E-state index >= 15 is 0 Å². The average Bonchev–Trinajstić information content (AvgIpc) is 2.23. The van der Waals surface area contributed by atoms with Crippen LogP contribution in [0, 0.1) is 5.82 Å². The summed E-state index contributed by atoms with van der Waals surface area (Å²) in [5, 5.41) is 1.05. The maximum absolute atomic E-state index is 13.0. The fourth-order valence-electron chi connectivity index (χ4n) is 1.35. The Morgan fingerprint density at radius 2 is 1.50 bits per heavy atom. The lowest BCUT2D eigenvalue weighted by Gasteiger charge is -2.31.